The van der Waals surface area contributed by atoms with E-state index < -0.39 is 0 Å². The lowest BCUT2D eigenvalue weighted by atomic mass is 9.84. The minimum Gasteiger partial charge on any atom is -0.236 e. The summed E-state index contributed by atoms with van der Waals surface area (Å²) in [7, 11) is 0. The Hall–Kier alpha value is -4.79. The molecule has 2 heteroatoms. The van der Waals surface area contributed by atoms with Crippen molar-refractivity contribution in [3.8, 4) is 32.8 Å². The maximum Gasteiger partial charge on any atom is 0.124 e. The van der Waals surface area contributed by atoms with Crippen LogP contribution in [0.5, 0.6) is 0 Å². The van der Waals surface area contributed by atoms with Crippen molar-refractivity contribution >= 4 is 53.9 Å². The lowest BCUT2D eigenvalue weighted by Crippen LogP contribution is -1.92. The van der Waals surface area contributed by atoms with Gasteiger partial charge in [-0.1, -0.05) is 120 Å². The van der Waals surface area contributed by atoms with E-state index in [2.05, 4.69) is 141 Å². The zero-order chi connectivity index (χ0) is 27.5. The van der Waals surface area contributed by atoms with Gasteiger partial charge in [0, 0.05) is 5.56 Å². The van der Waals surface area contributed by atoms with Crippen molar-refractivity contribution in [3.63, 3.8) is 0 Å². The lowest BCUT2D eigenvalue weighted by Gasteiger charge is -2.19. The van der Waals surface area contributed by atoms with Crippen LogP contribution in [-0.2, 0) is 0 Å². The maximum atomic E-state index is 4.89. The first kappa shape index (κ1) is 24.0. The number of benzene rings is 7. The van der Waals surface area contributed by atoms with Gasteiger partial charge in [0.25, 0.3) is 0 Å². The highest BCUT2D eigenvalue weighted by Crippen LogP contribution is 2.45. The summed E-state index contributed by atoms with van der Waals surface area (Å²) in [5.74, 6) is 0. The first-order valence-corrected chi connectivity index (χ1v) is 14.9. The van der Waals surface area contributed by atoms with Crippen molar-refractivity contribution in [2.75, 3.05) is 0 Å². The second kappa shape index (κ2) is 9.40. The van der Waals surface area contributed by atoms with Crippen LogP contribution in [0.2, 0.25) is 0 Å². The predicted molar refractivity (Wildman–Crippen MR) is 178 cm³/mol. The van der Waals surface area contributed by atoms with Crippen molar-refractivity contribution in [2.24, 2.45) is 0 Å². The summed E-state index contributed by atoms with van der Waals surface area (Å²) in [5.41, 5.74) is 9.82. The molecule has 0 radical (unpaired) electrons. The molecule has 0 atom stereocenters. The highest BCUT2D eigenvalue weighted by molar-refractivity contribution is 7.21. The minimum atomic E-state index is 1.06. The van der Waals surface area contributed by atoms with Gasteiger partial charge >= 0.3 is 0 Å². The van der Waals surface area contributed by atoms with Crippen LogP contribution in [0.3, 0.4) is 0 Å². The number of aromatic nitrogens is 1. The molecule has 0 aliphatic carbocycles. The van der Waals surface area contributed by atoms with Gasteiger partial charge in [0.15, 0.2) is 0 Å². The maximum absolute atomic E-state index is 4.89. The lowest BCUT2D eigenvalue weighted by molar-refractivity contribution is 1.47. The topological polar surface area (TPSA) is 12.9 Å². The number of hydrogen-bond acceptors (Lipinski definition) is 2. The molecule has 0 bridgehead atoms. The van der Waals surface area contributed by atoms with E-state index >= 15 is 0 Å². The van der Waals surface area contributed by atoms with Crippen molar-refractivity contribution in [3.05, 3.63) is 139 Å². The molecule has 1 heterocycles. The van der Waals surface area contributed by atoms with Gasteiger partial charge in [-0.2, -0.15) is 0 Å². The molecular formula is C39H27NS. The Labute approximate surface area is 243 Å². The average molecular weight is 542 g/mol. The molecule has 8 rings (SSSR count). The quantitative estimate of drug-likeness (QED) is 0.203. The van der Waals surface area contributed by atoms with Crippen LogP contribution in [0, 0.1) is 13.8 Å². The Balaban J connectivity index is 1.38. The Bertz CT molecular complexity index is 2240. The van der Waals surface area contributed by atoms with E-state index in [4.69, 9.17) is 4.98 Å². The van der Waals surface area contributed by atoms with Crippen LogP contribution < -0.4 is 0 Å². The van der Waals surface area contributed by atoms with Crippen molar-refractivity contribution in [2.45, 2.75) is 13.8 Å². The van der Waals surface area contributed by atoms with Gasteiger partial charge in [-0.15, -0.1) is 11.3 Å². The van der Waals surface area contributed by atoms with Crippen LogP contribution in [-0.4, -0.2) is 4.98 Å². The zero-order valence-electron chi connectivity index (χ0n) is 23.0. The summed E-state index contributed by atoms with van der Waals surface area (Å²) in [6.07, 6.45) is 0. The number of nitrogens with zero attached hydrogens (tertiary/aromatic N) is 1. The molecule has 0 fully saturated rings. The molecule has 0 aliphatic heterocycles. The number of rotatable bonds is 3. The van der Waals surface area contributed by atoms with E-state index in [1.165, 1.54) is 70.4 Å². The fourth-order valence-corrected chi connectivity index (χ4v) is 7.17. The van der Waals surface area contributed by atoms with Gasteiger partial charge in [0.1, 0.15) is 5.01 Å². The molecule has 0 saturated heterocycles. The first-order chi connectivity index (χ1) is 20.1. The van der Waals surface area contributed by atoms with Gasteiger partial charge in [0.05, 0.1) is 10.2 Å². The Morgan fingerprint density at radius 1 is 0.463 bits per heavy atom. The van der Waals surface area contributed by atoms with Gasteiger partial charge in [-0.3, -0.25) is 0 Å². The van der Waals surface area contributed by atoms with Crippen molar-refractivity contribution in [1.29, 1.82) is 0 Å². The third-order valence-electron chi connectivity index (χ3n) is 8.18. The summed E-state index contributed by atoms with van der Waals surface area (Å²) in [6, 6.07) is 46.7. The standard InChI is InChI=1S/C39H27NS/c1-24-12-20-32-33(21-24)37(27-14-16-28(17-15-27)39-40-35-9-5-6-10-36(35)41-39)31-19-11-25(2)22-34(31)38(32)30-18-13-26-7-3-4-8-29(26)23-30/h3-23H,1-2H3. The summed E-state index contributed by atoms with van der Waals surface area (Å²) in [4.78, 5) is 4.89. The molecule has 0 amide bonds. The van der Waals surface area contributed by atoms with E-state index in [9.17, 15) is 0 Å². The zero-order valence-corrected chi connectivity index (χ0v) is 23.8. The Kier molecular flexibility index (Phi) is 5.51. The second-order valence-corrected chi connectivity index (χ2v) is 12.0. The Morgan fingerprint density at radius 3 is 1.76 bits per heavy atom. The SMILES string of the molecule is Cc1ccc2c(-c3ccc4ccccc4c3)c3cc(C)ccc3c(-c3ccc(-c4nc5ccccc5s4)cc3)c2c1. The molecule has 8 aromatic rings. The molecule has 1 aromatic heterocycles. The number of aryl methyl sites for hydroxylation is 2. The number of fused-ring (bicyclic) bond motifs is 4. The normalized spacial score (nSPS) is 11.7. The van der Waals surface area contributed by atoms with Crippen LogP contribution in [0.4, 0.5) is 0 Å². The van der Waals surface area contributed by atoms with E-state index in [1.807, 2.05) is 0 Å². The third kappa shape index (κ3) is 4.03. The first-order valence-electron chi connectivity index (χ1n) is 14.0. The summed E-state index contributed by atoms with van der Waals surface area (Å²) in [6.45, 7) is 4.38. The van der Waals surface area contributed by atoms with E-state index in [-0.39, 0.29) is 0 Å². The van der Waals surface area contributed by atoms with Gasteiger partial charge in [0.2, 0.25) is 0 Å². The summed E-state index contributed by atoms with van der Waals surface area (Å²) in [5, 5.41) is 8.74. The molecule has 0 aliphatic rings. The van der Waals surface area contributed by atoms with E-state index in [0.29, 0.717) is 0 Å². The molecule has 194 valence electrons. The number of para-hydroxylation sites is 1. The molecule has 1 nitrogen and oxygen atoms in total. The summed E-state index contributed by atoms with van der Waals surface area (Å²) < 4.78 is 1.22. The Morgan fingerprint density at radius 2 is 1.05 bits per heavy atom. The van der Waals surface area contributed by atoms with E-state index in [1.54, 1.807) is 11.3 Å². The van der Waals surface area contributed by atoms with Gasteiger partial charge in [-0.05, 0) is 86.6 Å². The van der Waals surface area contributed by atoms with Crippen LogP contribution in [0.15, 0.2) is 127 Å². The molecule has 0 N–H and O–H groups in total. The molecule has 0 saturated carbocycles. The smallest absolute Gasteiger partial charge is 0.124 e. The van der Waals surface area contributed by atoms with Crippen LogP contribution in [0.25, 0.3) is 75.4 Å². The van der Waals surface area contributed by atoms with Gasteiger partial charge in [-0.25, -0.2) is 4.98 Å². The molecule has 0 unspecified atom stereocenters. The van der Waals surface area contributed by atoms with Crippen molar-refractivity contribution < 1.29 is 0 Å². The summed E-state index contributed by atoms with van der Waals surface area (Å²) >= 11 is 1.75. The minimum absolute atomic E-state index is 1.06. The fraction of sp³-hybridized carbons (Fsp3) is 0.0513. The van der Waals surface area contributed by atoms with E-state index in [0.717, 1.165) is 16.1 Å². The monoisotopic (exact) mass is 541 g/mol. The number of thiazole rings is 1. The predicted octanol–water partition coefficient (Wildman–Crippen LogP) is 11.4. The molecule has 0 spiro atoms. The molecular weight excluding hydrogens is 515 g/mol. The van der Waals surface area contributed by atoms with Crippen molar-refractivity contribution in [1.82, 2.24) is 4.98 Å². The van der Waals surface area contributed by atoms with Crippen LogP contribution in [0.1, 0.15) is 11.1 Å². The van der Waals surface area contributed by atoms with Gasteiger partial charge < -0.3 is 0 Å². The molecule has 7 aromatic carbocycles. The van der Waals surface area contributed by atoms with Crippen LogP contribution >= 0.6 is 11.3 Å². The third-order valence-corrected chi connectivity index (χ3v) is 9.27. The second-order valence-electron chi connectivity index (χ2n) is 11.0. The highest BCUT2D eigenvalue weighted by atomic mass is 32.1. The molecule has 41 heavy (non-hydrogen) atoms. The highest BCUT2D eigenvalue weighted by Gasteiger charge is 2.18. The fourth-order valence-electron chi connectivity index (χ4n) is 6.20. The largest absolute Gasteiger partial charge is 0.236 e. The number of hydrogen-bond donors (Lipinski definition) is 0. The average Bonchev–Trinajstić information content (AvgIpc) is 3.44.